The molecular formula is C32H28F6N2O4. The van der Waals surface area contributed by atoms with E-state index < -0.39 is 41.7 Å². The highest BCUT2D eigenvalue weighted by atomic mass is 19.4. The number of hydrogen-bond donors (Lipinski definition) is 2. The van der Waals surface area contributed by atoms with E-state index in [0.29, 0.717) is 54.3 Å². The number of nitrogens with zero attached hydrogens (tertiary/aromatic N) is 1. The van der Waals surface area contributed by atoms with Crippen LogP contribution in [0.1, 0.15) is 41.4 Å². The van der Waals surface area contributed by atoms with Crippen molar-refractivity contribution in [2.45, 2.75) is 43.0 Å². The molecule has 1 fully saturated rings. The Labute approximate surface area is 249 Å². The highest BCUT2D eigenvalue weighted by molar-refractivity contribution is 5.45. The largest absolute Gasteiger partial charge is 0.573 e. The van der Waals surface area contributed by atoms with E-state index in [4.69, 9.17) is 4.74 Å². The zero-order valence-corrected chi connectivity index (χ0v) is 23.1. The predicted octanol–water partition coefficient (Wildman–Crippen LogP) is 7.70. The molecule has 0 aliphatic carbocycles. The molecule has 1 unspecified atom stereocenters. The van der Waals surface area contributed by atoms with E-state index in [-0.39, 0.29) is 0 Å². The molecule has 0 spiro atoms. The minimum atomic E-state index is -4.89. The fourth-order valence-electron chi connectivity index (χ4n) is 5.59. The summed E-state index contributed by atoms with van der Waals surface area (Å²) in [7, 11) is 0. The lowest BCUT2D eigenvalue weighted by molar-refractivity contribution is -0.275. The lowest BCUT2D eigenvalue weighted by Crippen LogP contribution is -2.48. The zero-order chi connectivity index (χ0) is 31.4. The first kappa shape index (κ1) is 31.1. The van der Waals surface area contributed by atoms with Crippen molar-refractivity contribution >= 4 is 0 Å². The van der Waals surface area contributed by atoms with Crippen molar-refractivity contribution in [2.75, 3.05) is 13.1 Å². The number of piperidine rings is 1. The van der Waals surface area contributed by atoms with Gasteiger partial charge in [-0.1, -0.05) is 42.5 Å². The van der Waals surface area contributed by atoms with Gasteiger partial charge in [-0.3, -0.25) is 0 Å². The molecule has 0 amide bonds. The van der Waals surface area contributed by atoms with Crippen molar-refractivity contribution in [3.05, 3.63) is 114 Å². The van der Waals surface area contributed by atoms with E-state index in [1.165, 1.54) is 48.5 Å². The minimum Gasteiger partial charge on any atom is -0.439 e. The maximum Gasteiger partial charge on any atom is 0.573 e. The van der Waals surface area contributed by atoms with Gasteiger partial charge in [-0.15, -0.1) is 26.3 Å². The van der Waals surface area contributed by atoms with E-state index in [9.17, 15) is 31.4 Å². The minimum absolute atomic E-state index is 0.352. The van der Waals surface area contributed by atoms with E-state index in [1.54, 1.807) is 48.7 Å². The van der Waals surface area contributed by atoms with Gasteiger partial charge in [0.25, 0.3) is 0 Å². The number of ether oxygens (including phenoxy) is 3. The number of rotatable bonds is 9. The molecule has 2 N–H and O–H groups in total. The van der Waals surface area contributed by atoms with Gasteiger partial charge in [0.05, 0.1) is 5.60 Å². The summed E-state index contributed by atoms with van der Waals surface area (Å²) in [5.41, 5.74) is 0.449. The molecule has 12 heteroatoms. The van der Waals surface area contributed by atoms with E-state index in [0.717, 1.165) is 0 Å². The molecule has 1 aromatic heterocycles. The molecular weight excluding hydrogens is 590 g/mol. The Kier molecular flexibility index (Phi) is 9.02. The highest BCUT2D eigenvalue weighted by Crippen LogP contribution is 2.49. The number of aliphatic hydroxyl groups is 1. The Balaban J connectivity index is 1.58. The first-order valence-corrected chi connectivity index (χ1v) is 13.7. The molecule has 232 valence electrons. The van der Waals surface area contributed by atoms with Gasteiger partial charge in [0, 0.05) is 24.1 Å². The smallest absolute Gasteiger partial charge is 0.439 e. The number of nitrogens with one attached hydrogen (secondary N) is 1. The molecule has 4 aromatic rings. The molecule has 44 heavy (non-hydrogen) atoms. The molecule has 0 saturated carbocycles. The monoisotopic (exact) mass is 618 g/mol. The van der Waals surface area contributed by atoms with Crippen molar-refractivity contribution in [1.29, 1.82) is 0 Å². The number of hydrogen-bond acceptors (Lipinski definition) is 6. The lowest BCUT2D eigenvalue weighted by atomic mass is 9.66. The normalized spacial score (nSPS) is 15.9. The van der Waals surface area contributed by atoms with Crippen LogP contribution in [0, 0.1) is 0 Å². The van der Waals surface area contributed by atoms with Gasteiger partial charge in [0.2, 0.25) is 5.88 Å². The summed E-state index contributed by atoms with van der Waals surface area (Å²) >= 11 is 0. The molecule has 0 radical (unpaired) electrons. The average Bonchev–Trinajstić information content (AvgIpc) is 2.97. The van der Waals surface area contributed by atoms with Crippen LogP contribution in [-0.2, 0) is 0 Å². The van der Waals surface area contributed by atoms with Gasteiger partial charge >= 0.3 is 12.7 Å². The molecule has 6 nitrogen and oxygen atoms in total. The maximum atomic E-state index is 12.9. The molecule has 1 saturated heterocycles. The third-order valence-electron chi connectivity index (χ3n) is 7.43. The Bertz CT molecular complexity index is 1430. The Hall–Kier alpha value is -4.29. The van der Waals surface area contributed by atoms with Gasteiger partial charge in [0.15, 0.2) is 0 Å². The third-order valence-corrected chi connectivity index (χ3v) is 7.43. The molecule has 5 rings (SSSR count). The van der Waals surface area contributed by atoms with Gasteiger partial charge in [-0.05, 0) is 85.1 Å². The summed E-state index contributed by atoms with van der Waals surface area (Å²) in [6.45, 7) is 1.02. The first-order chi connectivity index (χ1) is 20.9. The quantitative estimate of drug-likeness (QED) is 0.187. The maximum absolute atomic E-state index is 12.9. The highest BCUT2D eigenvalue weighted by Gasteiger charge is 2.44. The van der Waals surface area contributed by atoms with Crippen LogP contribution in [-0.4, -0.2) is 41.5 Å². The van der Waals surface area contributed by atoms with Gasteiger partial charge in [-0.2, -0.15) is 0 Å². The van der Waals surface area contributed by atoms with Crippen molar-refractivity contribution in [1.82, 2.24) is 10.3 Å². The van der Waals surface area contributed by atoms with Crippen LogP contribution in [0.25, 0.3) is 0 Å². The van der Waals surface area contributed by atoms with Crippen molar-refractivity contribution < 1.29 is 45.7 Å². The number of benzene rings is 3. The fraction of sp³-hybridized carbons (Fsp3) is 0.281. The van der Waals surface area contributed by atoms with Crippen molar-refractivity contribution in [3.8, 4) is 23.1 Å². The van der Waals surface area contributed by atoms with Crippen LogP contribution in [0.3, 0.4) is 0 Å². The van der Waals surface area contributed by atoms with Crippen molar-refractivity contribution in [3.63, 3.8) is 0 Å². The number of alkyl halides is 6. The topological polar surface area (TPSA) is 72.8 Å². The molecule has 1 atom stereocenters. The Morgan fingerprint density at radius 1 is 0.659 bits per heavy atom. The SMILES string of the molecule is OC1(C(c2ccc(Oc3ccccn3)cc2)C(c2ccc(OC(F)(F)F)cc2)c2ccc(OC(F)(F)F)cc2)CCNCC1. The Morgan fingerprint density at radius 3 is 1.59 bits per heavy atom. The predicted molar refractivity (Wildman–Crippen MR) is 149 cm³/mol. The second-order valence-corrected chi connectivity index (χ2v) is 10.4. The Morgan fingerprint density at radius 2 is 1.14 bits per heavy atom. The second-order valence-electron chi connectivity index (χ2n) is 10.4. The number of pyridine rings is 1. The fourth-order valence-corrected chi connectivity index (χ4v) is 5.59. The summed E-state index contributed by atoms with van der Waals surface area (Å²) in [5.74, 6) is -1.35. The molecule has 3 aromatic carbocycles. The van der Waals surface area contributed by atoms with Crippen molar-refractivity contribution in [2.24, 2.45) is 0 Å². The lowest BCUT2D eigenvalue weighted by Gasteiger charge is -2.44. The van der Waals surface area contributed by atoms with Crippen LogP contribution < -0.4 is 19.5 Å². The van der Waals surface area contributed by atoms with E-state index in [1.807, 2.05) is 0 Å². The molecule has 0 bridgehead atoms. The zero-order valence-electron chi connectivity index (χ0n) is 23.1. The second kappa shape index (κ2) is 12.7. The summed E-state index contributed by atoms with van der Waals surface area (Å²) in [6.07, 6.45) is -7.48. The van der Waals surface area contributed by atoms with Gasteiger partial charge < -0.3 is 24.6 Å². The average molecular weight is 619 g/mol. The van der Waals surface area contributed by atoms with E-state index >= 15 is 0 Å². The molecule has 1 aliphatic rings. The summed E-state index contributed by atoms with van der Waals surface area (Å²) in [5, 5.41) is 15.4. The number of aromatic nitrogens is 1. The number of halogens is 6. The third kappa shape index (κ3) is 8.00. The summed E-state index contributed by atoms with van der Waals surface area (Å²) in [6, 6.07) is 22.8. The standard InChI is InChI=1S/C32H28F6N2O4/c33-31(34,35)43-25-12-4-21(5-13-25)28(22-6-14-26(15-7-22)44-32(36,37)38)29(30(41)16-19-39-20-17-30)23-8-10-24(11-9-23)42-27-3-1-2-18-40-27/h1-15,18,28-29,39,41H,16-17,19-20H2. The van der Waals surface area contributed by atoms with Gasteiger partial charge in [0.1, 0.15) is 17.2 Å². The molecule has 1 aliphatic heterocycles. The van der Waals surface area contributed by atoms with Crippen LogP contribution in [0.5, 0.6) is 23.1 Å². The molecule has 2 heterocycles. The summed E-state index contributed by atoms with van der Waals surface area (Å²) < 4.78 is 91.1. The van der Waals surface area contributed by atoms with E-state index in [2.05, 4.69) is 19.8 Å². The summed E-state index contributed by atoms with van der Waals surface area (Å²) in [4.78, 5) is 4.15. The van der Waals surface area contributed by atoms with Crippen LogP contribution in [0.4, 0.5) is 26.3 Å². The van der Waals surface area contributed by atoms with Crippen LogP contribution >= 0.6 is 0 Å². The van der Waals surface area contributed by atoms with Crippen LogP contribution in [0.15, 0.2) is 97.2 Å². The van der Waals surface area contributed by atoms with Crippen LogP contribution in [0.2, 0.25) is 0 Å². The first-order valence-electron chi connectivity index (χ1n) is 13.7. The van der Waals surface area contributed by atoms with Gasteiger partial charge in [-0.25, -0.2) is 4.98 Å².